The summed E-state index contributed by atoms with van der Waals surface area (Å²) in [5, 5.41) is 3.02. The maximum atomic E-state index is 14.2. The molecule has 2 atom stereocenters. The molecule has 0 aliphatic rings. The van der Waals surface area contributed by atoms with E-state index in [1.807, 2.05) is 5.32 Å². The van der Waals surface area contributed by atoms with Gasteiger partial charge in [-0.05, 0) is 38.5 Å². The van der Waals surface area contributed by atoms with Crippen LogP contribution in [0.25, 0.3) is 0 Å². The normalized spacial score (nSPS) is 14.3. The second-order valence-electron chi connectivity index (χ2n) is 9.63. The van der Waals surface area contributed by atoms with Crippen molar-refractivity contribution < 1.29 is 45.5 Å². The Labute approximate surface area is 215 Å². The number of amides is 2. The van der Waals surface area contributed by atoms with Crippen LogP contribution in [-0.4, -0.2) is 47.3 Å². The van der Waals surface area contributed by atoms with Gasteiger partial charge in [-0.2, -0.15) is 26.3 Å². The molecule has 6 nitrogen and oxygen atoms in total. The molecule has 0 heterocycles. The van der Waals surface area contributed by atoms with Crippen molar-refractivity contribution in [2.24, 2.45) is 5.92 Å². The first kappa shape index (κ1) is 30.7. The maximum absolute atomic E-state index is 14.2. The molecule has 2 aromatic rings. The number of alkyl halides is 6. The van der Waals surface area contributed by atoms with Crippen LogP contribution >= 0.6 is 0 Å². The molecule has 0 bridgehead atoms. The van der Waals surface area contributed by atoms with Crippen molar-refractivity contribution in [2.75, 3.05) is 0 Å². The minimum Gasteiger partial charge on any atom is -0.458 e. The predicted octanol–water partition coefficient (Wildman–Crippen LogP) is 4.99. The molecule has 0 saturated heterocycles. The second-order valence-corrected chi connectivity index (χ2v) is 9.63. The summed E-state index contributed by atoms with van der Waals surface area (Å²) < 4.78 is 90.5. The van der Waals surface area contributed by atoms with Gasteiger partial charge < -0.3 is 15.4 Å². The van der Waals surface area contributed by atoms with Crippen LogP contribution in [-0.2, 0) is 20.7 Å². The molecule has 0 spiro atoms. The zero-order valence-corrected chi connectivity index (χ0v) is 21.0. The zero-order valence-electron chi connectivity index (χ0n) is 21.0. The number of ether oxygens (including phenoxy) is 1. The van der Waals surface area contributed by atoms with E-state index in [1.54, 1.807) is 30.3 Å². The van der Waals surface area contributed by atoms with Gasteiger partial charge in [-0.25, -0.2) is 4.79 Å². The lowest BCUT2D eigenvalue weighted by Crippen LogP contribution is -2.73. The number of hydrogen-bond acceptors (Lipinski definition) is 4. The quantitative estimate of drug-likeness (QED) is 0.361. The van der Waals surface area contributed by atoms with Crippen LogP contribution in [0, 0.1) is 5.92 Å². The Balaban J connectivity index is 2.49. The highest BCUT2D eigenvalue weighted by Crippen LogP contribution is 2.48. The highest BCUT2D eigenvalue weighted by Gasteiger charge is 2.75. The van der Waals surface area contributed by atoms with E-state index in [1.165, 1.54) is 39.0 Å². The molecule has 0 saturated carbocycles. The molecule has 2 amide bonds. The first-order chi connectivity index (χ1) is 17.4. The van der Waals surface area contributed by atoms with Crippen molar-refractivity contribution in [2.45, 2.75) is 63.7 Å². The molecular formula is C26H28F6N2O4. The van der Waals surface area contributed by atoms with Crippen LogP contribution in [0.4, 0.5) is 26.3 Å². The Morgan fingerprint density at radius 2 is 1.29 bits per heavy atom. The first-order valence-corrected chi connectivity index (χ1v) is 11.5. The van der Waals surface area contributed by atoms with E-state index < -0.39 is 58.8 Å². The van der Waals surface area contributed by atoms with Crippen LogP contribution in [0.2, 0.25) is 0 Å². The van der Waals surface area contributed by atoms with E-state index in [-0.39, 0.29) is 6.42 Å². The van der Waals surface area contributed by atoms with Gasteiger partial charge in [0.15, 0.2) is 0 Å². The van der Waals surface area contributed by atoms with E-state index in [2.05, 4.69) is 0 Å². The number of nitrogens with one attached hydrogen (secondary N) is 2. The van der Waals surface area contributed by atoms with E-state index in [0.717, 1.165) is 17.4 Å². The molecule has 2 aromatic carbocycles. The third-order valence-electron chi connectivity index (χ3n) is 5.57. The predicted molar refractivity (Wildman–Crippen MR) is 126 cm³/mol. The van der Waals surface area contributed by atoms with Gasteiger partial charge in [-0.1, -0.05) is 55.5 Å². The van der Waals surface area contributed by atoms with Crippen molar-refractivity contribution in [1.82, 2.24) is 10.6 Å². The molecule has 0 aliphatic carbocycles. The summed E-state index contributed by atoms with van der Waals surface area (Å²) in [7, 11) is 0. The van der Waals surface area contributed by atoms with Gasteiger partial charge in [0.1, 0.15) is 11.6 Å². The van der Waals surface area contributed by atoms with Gasteiger partial charge in [-0.15, -0.1) is 0 Å². The van der Waals surface area contributed by atoms with E-state index >= 15 is 0 Å². The van der Waals surface area contributed by atoms with E-state index in [0.29, 0.717) is 12.5 Å². The summed E-state index contributed by atoms with van der Waals surface area (Å²) in [6.07, 6.45) is -12.6. The maximum Gasteiger partial charge on any atom is 0.421 e. The Morgan fingerprint density at radius 3 is 1.74 bits per heavy atom. The topological polar surface area (TPSA) is 84.5 Å². The average Bonchev–Trinajstić information content (AvgIpc) is 2.80. The first-order valence-electron chi connectivity index (χ1n) is 11.5. The Kier molecular flexibility index (Phi) is 9.23. The van der Waals surface area contributed by atoms with Gasteiger partial charge in [0.25, 0.3) is 5.91 Å². The van der Waals surface area contributed by atoms with Crippen molar-refractivity contribution in [3.63, 3.8) is 0 Å². The number of halogens is 6. The van der Waals surface area contributed by atoms with Crippen molar-refractivity contribution in [1.29, 1.82) is 0 Å². The Hall–Kier alpha value is -3.57. The number of hydrogen-bond donors (Lipinski definition) is 2. The van der Waals surface area contributed by atoms with Crippen LogP contribution in [0.3, 0.4) is 0 Å². The standard InChI is InChI=1S/C26H28F6N2O4/c1-16(20(35)33-19(22(37)38-23(2,3)4)15-17-11-7-5-8-12-17)24(25(27,28)29,26(30,31)32)34-21(36)18-13-9-6-10-14-18/h5-14,16,19H,15H2,1-4H3,(H,33,35)(H,34,36)/t16-,19+/m1/s1. The molecule has 0 radical (unpaired) electrons. The number of rotatable bonds is 8. The molecule has 38 heavy (non-hydrogen) atoms. The lowest BCUT2D eigenvalue weighted by atomic mass is 9.82. The SMILES string of the molecule is C[C@H](C(=O)N[C@@H](Cc1ccccc1)C(=O)OC(C)(C)C)C(NC(=O)c1ccccc1)(C(F)(F)F)C(F)(F)F. The molecule has 12 heteroatoms. The van der Waals surface area contributed by atoms with E-state index in [9.17, 15) is 40.7 Å². The smallest absolute Gasteiger partial charge is 0.421 e. The highest BCUT2D eigenvalue weighted by atomic mass is 19.4. The lowest BCUT2D eigenvalue weighted by molar-refractivity contribution is -0.315. The fourth-order valence-corrected chi connectivity index (χ4v) is 3.65. The lowest BCUT2D eigenvalue weighted by Gasteiger charge is -2.41. The van der Waals surface area contributed by atoms with E-state index in [4.69, 9.17) is 4.74 Å². The van der Waals surface area contributed by atoms with Crippen molar-refractivity contribution in [3.8, 4) is 0 Å². The summed E-state index contributed by atoms with van der Waals surface area (Å²) >= 11 is 0. The summed E-state index contributed by atoms with van der Waals surface area (Å²) in [5.41, 5.74) is -6.05. The number of carbonyl (C=O) groups excluding carboxylic acids is 3. The van der Waals surface area contributed by atoms with Gasteiger partial charge in [0.2, 0.25) is 11.4 Å². The van der Waals surface area contributed by atoms with Gasteiger partial charge >= 0.3 is 18.3 Å². The molecule has 0 aromatic heterocycles. The Morgan fingerprint density at radius 1 is 0.816 bits per heavy atom. The Bertz CT molecular complexity index is 1100. The summed E-state index contributed by atoms with van der Waals surface area (Å²) in [6, 6.07) is 12.3. The van der Waals surface area contributed by atoms with Crippen LogP contribution in [0.1, 0.15) is 43.6 Å². The third kappa shape index (κ3) is 7.26. The number of benzene rings is 2. The minimum absolute atomic E-state index is 0.268. The molecule has 2 rings (SSSR count). The number of carbonyl (C=O) groups is 3. The zero-order chi connectivity index (χ0) is 28.9. The second kappa shape index (κ2) is 11.4. The molecular weight excluding hydrogens is 518 g/mol. The average molecular weight is 547 g/mol. The van der Waals surface area contributed by atoms with Crippen molar-refractivity contribution >= 4 is 17.8 Å². The van der Waals surface area contributed by atoms with Crippen molar-refractivity contribution in [3.05, 3.63) is 71.8 Å². The highest BCUT2D eigenvalue weighted by molar-refractivity contribution is 5.95. The largest absolute Gasteiger partial charge is 0.458 e. The van der Waals surface area contributed by atoms with Gasteiger partial charge in [0.05, 0.1) is 5.92 Å². The molecule has 0 fully saturated rings. The third-order valence-corrected chi connectivity index (χ3v) is 5.57. The van der Waals surface area contributed by atoms with Crippen LogP contribution in [0.5, 0.6) is 0 Å². The molecule has 208 valence electrons. The fraction of sp³-hybridized carbons (Fsp3) is 0.423. The molecule has 0 aliphatic heterocycles. The van der Waals surface area contributed by atoms with Crippen LogP contribution in [0.15, 0.2) is 60.7 Å². The summed E-state index contributed by atoms with van der Waals surface area (Å²) in [5.74, 6) is -7.44. The van der Waals surface area contributed by atoms with Gasteiger partial charge in [-0.3, -0.25) is 9.59 Å². The molecule has 2 N–H and O–H groups in total. The number of esters is 1. The minimum atomic E-state index is -6.15. The van der Waals surface area contributed by atoms with Gasteiger partial charge in [0, 0.05) is 12.0 Å². The fourth-order valence-electron chi connectivity index (χ4n) is 3.65. The molecule has 0 unspecified atom stereocenters. The monoisotopic (exact) mass is 546 g/mol. The summed E-state index contributed by atoms with van der Waals surface area (Å²) in [4.78, 5) is 38.3. The van der Waals surface area contributed by atoms with Crippen LogP contribution < -0.4 is 10.6 Å². The summed E-state index contributed by atoms with van der Waals surface area (Å²) in [6.45, 7) is 4.90.